The number of halogens is 3. The second-order valence-electron chi connectivity index (χ2n) is 4.34. The monoisotopic (exact) mass is 354 g/mol. The van der Waals surface area contributed by atoms with E-state index >= 15 is 0 Å². The molecule has 0 saturated heterocycles. The summed E-state index contributed by atoms with van der Waals surface area (Å²) in [5.74, 6) is 5.19. The molecule has 7 heteroatoms. The van der Waals surface area contributed by atoms with Gasteiger partial charge in [0.2, 0.25) is 5.91 Å². The van der Waals surface area contributed by atoms with E-state index in [9.17, 15) is 4.79 Å². The first kappa shape index (κ1) is 15.6. The lowest BCUT2D eigenvalue weighted by atomic mass is 9.94. The van der Waals surface area contributed by atoms with Gasteiger partial charge in [-0.2, -0.15) is 0 Å². The minimum Gasteiger partial charge on any atom is -0.491 e. The molecular formula is C11H13BrCl2N2O2. The second-order valence-corrected chi connectivity index (χ2v) is 6.01. The molecular weight excluding hydrogens is 343 g/mol. The highest BCUT2D eigenvalue weighted by Crippen LogP contribution is 2.34. The van der Waals surface area contributed by atoms with E-state index in [1.807, 2.05) is 0 Å². The second kappa shape index (κ2) is 6.10. The van der Waals surface area contributed by atoms with Crippen LogP contribution in [0.25, 0.3) is 0 Å². The molecule has 0 atom stereocenters. The molecule has 0 fully saturated rings. The summed E-state index contributed by atoms with van der Waals surface area (Å²) in [5, 5.41) is 0.894. The average molecular weight is 356 g/mol. The summed E-state index contributed by atoms with van der Waals surface area (Å²) in [6.07, 6.45) is 0. The maximum absolute atomic E-state index is 11.5. The third kappa shape index (κ3) is 3.75. The quantitative estimate of drug-likeness (QED) is 0.377. The van der Waals surface area contributed by atoms with Gasteiger partial charge in [-0.1, -0.05) is 23.2 Å². The lowest BCUT2D eigenvalue weighted by Crippen LogP contribution is -2.44. The van der Waals surface area contributed by atoms with Gasteiger partial charge in [0.25, 0.3) is 0 Å². The van der Waals surface area contributed by atoms with Crippen molar-refractivity contribution in [1.29, 1.82) is 0 Å². The third-order valence-corrected chi connectivity index (χ3v) is 3.80. The Morgan fingerprint density at radius 3 is 2.61 bits per heavy atom. The first-order valence-electron chi connectivity index (χ1n) is 5.06. The maximum Gasteiger partial charge on any atom is 0.242 e. The van der Waals surface area contributed by atoms with Crippen LogP contribution in [0.5, 0.6) is 5.75 Å². The van der Waals surface area contributed by atoms with Gasteiger partial charge < -0.3 is 4.74 Å². The molecule has 0 aliphatic rings. The van der Waals surface area contributed by atoms with E-state index in [0.29, 0.717) is 20.3 Å². The Balaban J connectivity index is 2.81. The number of nitrogens with one attached hydrogen (secondary N) is 1. The van der Waals surface area contributed by atoms with Crippen LogP contribution >= 0.6 is 39.1 Å². The van der Waals surface area contributed by atoms with Crippen LogP contribution in [0.1, 0.15) is 13.8 Å². The Hall–Kier alpha value is -0.490. The van der Waals surface area contributed by atoms with Crippen molar-refractivity contribution in [2.75, 3.05) is 6.61 Å². The molecule has 1 aromatic carbocycles. The van der Waals surface area contributed by atoms with E-state index in [4.69, 9.17) is 33.8 Å². The molecule has 0 spiro atoms. The Bertz CT molecular complexity index is 467. The van der Waals surface area contributed by atoms with Gasteiger partial charge >= 0.3 is 0 Å². The molecule has 4 nitrogen and oxygen atoms in total. The summed E-state index contributed by atoms with van der Waals surface area (Å²) in [7, 11) is 0. The van der Waals surface area contributed by atoms with E-state index in [0.717, 1.165) is 0 Å². The zero-order chi connectivity index (χ0) is 13.9. The highest BCUT2D eigenvalue weighted by molar-refractivity contribution is 9.10. The number of carbonyl (C=O) groups is 1. The zero-order valence-electron chi connectivity index (χ0n) is 9.89. The van der Waals surface area contributed by atoms with Crippen molar-refractivity contribution in [1.82, 2.24) is 5.43 Å². The van der Waals surface area contributed by atoms with E-state index in [-0.39, 0.29) is 12.5 Å². The SMILES string of the molecule is CC(C)(COc1cc(Cl)c(Br)cc1Cl)C(=O)NN. The van der Waals surface area contributed by atoms with Crippen molar-refractivity contribution < 1.29 is 9.53 Å². The predicted octanol–water partition coefficient (Wildman–Crippen LogP) is 3.15. The Morgan fingerprint density at radius 2 is 2.06 bits per heavy atom. The van der Waals surface area contributed by atoms with Crippen LogP contribution < -0.4 is 16.0 Å². The molecule has 0 radical (unpaired) electrons. The van der Waals surface area contributed by atoms with Gasteiger partial charge in [-0.05, 0) is 35.8 Å². The minimum absolute atomic E-state index is 0.133. The van der Waals surface area contributed by atoms with Gasteiger partial charge in [0, 0.05) is 10.5 Å². The summed E-state index contributed by atoms with van der Waals surface area (Å²) >= 11 is 15.2. The van der Waals surface area contributed by atoms with E-state index in [2.05, 4.69) is 21.4 Å². The smallest absolute Gasteiger partial charge is 0.242 e. The Labute approximate surface area is 124 Å². The van der Waals surface area contributed by atoms with Gasteiger partial charge in [0.05, 0.1) is 15.5 Å². The van der Waals surface area contributed by atoms with Crippen molar-refractivity contribution in [2.45, 2.75) is 13.8 Å². The maximum atomic E-state index is 11.5. The Morgan fingerprint density at radius 1 is 1.44 bits per heavy atom. The molecule has 100 valence electrons. The van der Waals surface area contributed by atoms with Crippen LogP contribution in [0.2, 0.25) is 10.0 Å². The fourth-order valence-electron chi connectivity index (χ4n) is 1.13. The van der Waals surface area contributed by atoms with Crippen LogP contribution in [0, 0.1) is 5.41 Å². The third-order valence-electron chi connectivity index (χ3n) is 2.31. The summed E-state index contributed by atoms with van der Waals surface area (Å²) in [5.41, 5.74) is 1.32. The zero-order valence-corrected chi connectivity index (χ0v) is 13.0. The normalized spacial score (nSPS) is 11.2. The number of ether oxygens (including phenoxy) is 1. The van der Waals surface area contributed by atoms with E-state index < -0.39 is 5.41 Å². The number of rotatable bonds is 4. The molecule has 0 aliphatic carbocycles. The standard InChI is InChI=1S/C11H13BrCl2N2O2/c1-11(2,10(17)16-15)5-18-9-4-7(13)6(12)3-8(9)14/h3-4H,5,15H2,1-2H3,(H,16,17). The van der Waals surface area contributed by atoms with Crippen LogP contribution in [0.15, 0.2) is 16.6 Å². The van der Waals surface area contributed by atoms with Crippen molar-refractivity contribution in [2.24, 2.45) is 11.3 Å². The van der Waals surface area contributed by atoms with Gasteiger partial charge in [-0.25, -0.2) is 5.84 Å². The fourth-order valence-corrected chi connectivity index (χ4v) is 1.98. The molecule has 1 amide bonds. The summed E-state index contributed by atoms with van der Waals surface area (Å²) in [6, 6.07) is 3.22. The molecule has 0 unspecified atom stereocenters. The van der Waals surface area contributed by atoms with Crippen LogP contribution in [-0.2, 0) is 4.79 Å². The molecule has 0 bridgehead atoms. The van der Waals surface area contributed by atoms with Crippen molar-refractivity contribution in [3.05, 3.63) is 26.7 Å². The number of hydrogen-bond donors (Lipinski definition) is 2. The molecule has 0 aliphatic heterocycles. The number of hydrazine groups is 1. The van der Waals surface area contributed by atoms with Crippen LogP contribution in [0.4, 0.5) is 0 Å². The lowest BCUT2D eigenvalue weighted by molar-refractivity contribution is -0.130. The number of carbonyl (C=O) groups excluding carboxylic acids is 1. The van der Waals surface area contributed by atoms with Crippen LogP contribution in [-0.4, -0.2) is 12.5 Å². The van der Waals surface area contributed by atoms with Crippen LogP contribution in [0.3, 0.4) is 0 Å². The van der Waals surface area contributed by atoms with Gasteiger partial charge in [0.15, 0.2) is 0 Å². The molecule has 0 aromatic heterocycles. The first-order chi connectivity index (χ1) is 8.27. The molecule has 0 saturated carbocycles. The topological polar surface area (TPSA) is 64.3 Å². The predicted molar refractivity (Wildman–Crippen MR) is 75.8 cm³/mol. The number of amides is 1. The summed E-state index contributed by atoms with van der Waals surface area (Å²) < 4.78 is 6.19. The number of nitrogens with two attached hydrogens (primary N) is 1. The summed E-state index contributed by atoms with van der Waals surface area (Å²) in [4.78, 5) is 11.5. The number of hydrogen-bond acceptors (Lipinski definition) is 3. The average Bonchev–Trinajstić information content (AvgIpc) is 2.31. The first-order valence-corrected chi connectivity index (χ1v) is 6.61. The minimum atomic E-state index is -0.766. The Kier molecular flexibility index (Phi) is 5.28. The highest BCUT2D eigenvalue weighted by Gasteiger charge is 2.28. The van der Waals surface area contributed by atoms with Gasteiger partial charge in [0.1, 0.15) is 12.4 Å². The lowest BCUT2D eigenvalue weighted by Gasteiger charge is -2.22. The molecule has 18 heavy (non-hydrogen) atoms. The van der Waals surface area contributed by atoms with E-state index in [1.54, 1.807) is 26.0 Å². The molecule has 0 heterocycles. The van der Waals surface area contributed by atoms with Crippen molar-refractivity contribution in [3.63, 3.8) is 0 Å². The largest absolute Gasteiger partial charge is 0.491 e. The molecule has 1 aromatic rings. The number of benzene rings is 1. The van der Waals surface area contributed by atoms with Crippen molar-refractivity contribution in [3.8, 4) is 5.75 Å². The fraction of sp³-hybridized carbons (Fsp3) is 0.364. The van der Waals surface area contributed by atoms with Crippen molar-refractivity contribution >= 4 is 45.0 Å². The highest BCUT2D eigenvalue weighted by atomic mass is 79.9. The summed E-state index contributed by atoms with van der Waals surface area (Å²) in [6.45, 7) is 3.56. The van der Waals surface area contributed by atoms with Gasteiger partial charge in [-0.15, -0.1) is 0 Å². The van der Waals surface area contributed by atoms with E-state index in [1.165, 1.54) is 0 Å². The molecule has 1 rings (SSSR count). The molecule has 3 N–H and O–H groups in total. The van der Waals surface area contributed by atoms with Gasteiger partial charge in [-0.3, -0.25) is 10.2 Å².